The zero-order valence-corrected chi connectivity index (χ0v) is 14.3. The molecule has 20 heavy (non-hydrogen) atoms. The van der Waals surface area contributed by atoms with E-state index in [1.807, 2.05) is 0 Å². The summed E-state index contributed by atoms with van der Waals surface area (Å²) in [6.45, 7) is 4.15. The first-order chi connectivity index (χ1) is 9.85. The lowest BCUT2D eigenvalue weighted by molar-refractivity contribution is 0.107. The standard InChI is InChI=1S/C18H35NS/c20-17-9-5-3-1-2-4-8-14-19-15-12-18(13-16-19)10-6-7-11-18/h20H,1-17H2. The topological polar surface area (TPSA) is 3.24 Å². The van der Waals surface area contributed by atoms with E-state index >= 15 is 0 Å². The van der Waals surface area contributed by atoms with Crippen molar-refractivity contribution in [1.29, 1.82) is 0 Å². The summed E-state index contributed by atoms with van der Waals surface area (Å²) < 4.78 is 0. The van der Waals surface area contributed by atoms with E-state index in [1.54, 1.807) is 0 Å². The summed E-state index contributed by atoms with van der Waals surface area (Å²) in [5, 5.41) is 0. The summed E-state index contributed by atoms with van der Waals surface area (Å²) in [7, 11) is 0. The lowest BCUT2D eigenvalue weighted by Crippen LogP contribution is -2.39. The number of hydrogen-bond acceptors (Lipinski definition) is 2. The first-order valence-corrected chi connectivity index (χ1v) is 9.81. The Bertz CT molecular complexity index is 238. The maximum Gasteiger partial charge on any atom is -0.00134 e. The second-order valence-electron chi connectivity index (χ2n) is 7.25. The fourth-order valence-corrected chi connectivity index (χ4v) is 4.43. The number of rotatable bonds is 9. The number of likely N-dealkylation sites (tertiary alicyclic amines) is 1. The molecule has 1 heterocycles. The number of piperidine rings is 1. The molecule has 2 aliphatic rings. The molecule has 2 rings (SSSR count). The first kappa shape index (κ1) is 16.7. The van der Waals surface area contributed by atoms with E-state index < -0.39 is 0 Å². The average Bonchev–Trinajstić information content (AvgIpc) is 2.92. The third kappa shape index (κ3) is 5.60. The van der Waals surface area contributed by atoms with E-state index in [0.717, 1.165) is 11.2 Å². The van der Waals surface area contributed by atoms with Crippen LogP contribution in [0.4, 0.5) is 0 Å². The van der Waals surface area contributed by atoms with E-state index in [9.17, 15) is 0 Å². The van der Waals surface area contributed by atoms with Crippen molar-refractivity contribution in [3.8, 4) is 0 Å². The zero-order valence-electron chi connectivity index (χ0n) is 13.4. The Kier molecular flexibility index (Phi) is 7.80. The Balaban J connectivity index is 1.43. The van der Waals surface area contributed by atoms with Gasteiger partial charge in [0, 0.05) is 0 Å². The van der Waals surface area contributed by atoms with Gasteiger partial charge in [-0.1, -0.05) is 44.9 Å². The van der Waals surface area contributed by atoms with Crippen LogP contribution in [0.25, 0.3) is 0 Å². The minimum absolute atomic E-state index is 0.795. The molecule has 118 valence electrons. The van der Waals surface area contributed by atoms with Gasteiger partial charge in [0.05, 0.1) is 0 Å². The van der Waals surface area contributed by atoms with Crippen molar-refractivity contribution < 1.29 is 0 Å². The van der Waals surface area contributed by atoms with Crippen LogP contribution >= 0.6 is 12.6 Å². The average molecular weight is 298 g/mol. The van der Waals surface area contributed by atoms with Crippen molar-refractivity contribution in [2.24, 2.45) is 5.41 Å². The minimum Gasteiger partial charge on any atom is -0.303 e. The quantitative estimate of drug-likeness (QED) is 0.446. The molecule has 0 amide bonds. The molecule has 2 fully saturated rings. The fourth-order valence-electron chi connectivity index (χ4n) is 4.21. The second kappa shape index (κ2) is 9.35. The van der Waals surface area contributed by atoms with E-state index in [1.165, 1.54) is 103 Å². The van der Waals surface area contributed by atoms with Gasteiger partial charge in [-0.05, 0) is 69.3 Å². The van der Waals surface area contributed by atoms with E-state index in [2.05, 4.69) is 17.5 Å². The zero-order chi connectivity index (χ0) is 14.1. The van der Waals surface area contributed by atoms with E-state index in [0.29, 0.717) is 0 Å². The van der Waals surface area contributed by atoms with Gasteiger partial charge in [0.1, 0.15) is 0 Å². The molecule has 0 aromatic carbocycles. The van der Waals surface area contributed by atoms with Crippen LogP contribution in [-0.2, 0) is 0 Å². The van der Waals surface area contributed by atoms with Crippen LogP contribution in [0.3, 0.4) is 0 Å². The second-order valence-corrected chi connectivity index (χ2v) is 7.69. The van der Waals surface area contributed by atoms with Gasteiger partial charge >= 0.3 is 0 Å². The molecule has 1 aliphatic heterocycles. The van der Waals surface area contributed by atoms with Crippen LogP contribution in [0.5, 0.6) is 0 Å². The molecule has 0 N–H and O–H groups in total. The number of nitrogens with zero attached hydrogens (tertiary/aromatic N) is 1. The largest absolute Gasteiger partial charge is 0.303 e. The Morgan fingerprint density at radius 1 is 0.700 bits per heavy atom. The highest BCUT2D eigenvalue weighted by Gasteiger charge is 2.36. The molecule has 0 bridgehead atoms. The van der Waals surface area contributed by atoms with Crippen molar-refractivity contribution in [3.63, 3.8) is 0 Å². The molecule has 0 radical (unpaired) electrons. The Hall–Kier alpha value is 0.310. The predicted octanol–water partition coefficient (Wildman–Crippen LogP) is 5.30. The number of hydrogen-bond donors (Lipinski definition) is 1. The van der Waals surface area contributed by atoms with Crippen LogP contribution in [0.15, 0.2) is 0 Å². The Morgan fingerprint density at radius 3 is 1.85 bits per heavy atom. The molecule has 1 saturated heterocycles. The summed E-state index contributed by atoms with van der Waals surface area (Å²) in [4.78, 5) is 2.74. The Morgan fingerprint density at radius 2 is 1.25 bits per heavy atom. The van der Waals surface area contributed by atoms with Gasteiger partial charge in [0.25, 0.3) is 0 Å². The first-order valence-electron chi connectivity index (χ1n) is 9.18. The Labute approximate surface area is 132 Å². The monoisotopic (exact) mass is 297 g/mol. The van der Waals surface area contributed by atoms with Crippen molar-refractivity contribution in [3.05, 3.63) is 0 Å². The smallest absolute Gasteiger partial charge is 0.00134 e. The van der Waals surface area contributed by atoms with E-state index in [4.69, 9.17) is 0 Å². The predicted molar refractivity (Wildman–Crippen MR) is 92.7 cm³/mol. The third-order valence-corrected chi connectivity index (χ3v) is 6.03. The number of thiol groups is 1. The third-order valence-electron chi connectivity index (χ3n) is 5.71. The van der Waals surface area contributed by atoms with Gasteiger partial charge in [0.2, 0.25) is 0 Å². The van der Waals surface area contributed by atoms with Crippen molar-refractivity contribution in [2.45, 2.75) is 83.5 Å². The molecule has 1 saturated carbocycles. The lowest BCUT2D eigenvalue weighted by Gasteiger charge is -2.39. The highest BCUT2D eigenvalue weighted by Crippen LogP contribution is 2.46. The molecular formula is C18H35NS. The van der Waals surface area contributed by atoms with Gasteiger partial charge in [-0.2, -0.15) is 12.6 Å². The molecule has 0 aromatic heterocycles. The summed E-state index contributed by atoms with van der Waals surface area (Å²) >= 11 is 4.26. The fraction of sp³-hybridized carbons (Fsp3) is 1.00. The SMILES string of the molecule is SCCCCCCCCCN1CCC2(CCCC2)CC1. The van der Waals surface area contributed by atoms with E-state index in [-0.39, 0.29) is 0 Å². The van der Waals surface area contributed by atoms with Gasteiger partial charge in [-0.15, -0.1) is 0 Å². The van der Waals surface area contributed by atoms with Gasteiger partial charge < -0.3 is 4.90 Å². The van der Waals surface area contributed by atoms with Crippen LogP contribution < -0.4 is 0 Å². The molecular weight excluding hydrogens is 262 g/mol. The highest BCUT2D eigenvalue weighted by atomic mass is 32.1. The van der Waals surface area contributed by atoms with Crippen LogP contribution in [0.1, 0.15) is 83.5 Å². The van der Waals surface area contributed by atoms with Crippen LogP contribution in [0, 0.1) is 5.41 Å². The molecule has 0 aromatic rings. The molecule has 1 nitrogen and oxygen atoms in total. The van der Waals surface area contributed by atoms with Crippen molar-refractivity contribution in [2.75, 3.05) is 25.4 Å². The summed E-state index contributed by atoms with van der Waals surface area (Å²) in [6, 6.07) is 0. The number of unbranched alkanes of at least 4 members (excludes halogenated alkanes) is 6. The van der Waals surface area contributed by atoms with Gasteiger partial charge in [0.15, 0.2) is 0 Å². The minimum atomic E-state index is 0.795. The molecule has 1 aliphatic carbocycles. The summed E-state index contributed by atoms with van der Waals surface area (Å²) in [6.07, 6.45) is 19.0. The summed E-state index contributed by atoms with van der Waals surface area (Å²) in [5.74, 6) is 1.07. The van der Waals surface area contributed by atoms with Crippen molar-refractivity contribution in [1.82, 2.24) is 4.90 Å². The maximum atomic E-state index is 4.26. The van der Waals surface area contributed by atoms with Gasteiger partial charge in [-0.25, -0.2) is 0 Å². The normalized spacial score (nSPS) is 22.6. The summed E-state index contributed by atoms with van der Waals surface area (Å²) in [5.41, 5.74) is 0.795. The molecule has 2 heteroatoms. The maximum absolute atomic E-state index is 4.26. The lowest BCUT2D eigenvalue weighted by atomic mass is 9.77. The molecule has 1 spiro atoms. The molecule has 0 unspecified atom stereocenters. The molecule has 0 atom stereocenters. The van der Waals surface area contributed by atoms with Crippen LogP contribution in [-0.4, -0.2) is 30.3 Å². The highest BCUT2D eigenvalue weighted by molar-refractivity contribution is 7.80. The van der Waals surface area contributed by atoms with Gasteiger partial charge in [-0.3, -0.25) is 0 Å². The van der Waals surface area contributed by atoms with Crippen molar-refractivity contribution >= 4 is 12.6 Å². The van der Waals surface area contributed by atoms with Crippen LogP contribution in [0.2, 0.25) is 0 Å².